The molecule has 3 nitrogen and oxygen atoms in total. The average Bonchev–Trinajstić information content (AvgIpc) is 2.81. The Morgan fingerprint density at radius 3 is 2.50 bits per heavy atom. The highest BCUT2D eigenvalue weighted by Gasteiger charge is 2.30. The Hall–Kier alpha value is -2.50. The van der Waals surface area contributed by atoms with E-state index in [1.54, 1.807) is 30.7 Å². The van der Waals surface area contributed by atoms with Gasteiger partial charge in [0.25, 0.3) is 0 Å². The van der Waals surface area contributed by atoms with Crippen LogP contribution in [0.1, 0.15) is 5.56 Å². The van der Waals surface area contributed by atoms with Gasteiger partial charge in [-0.3, -0.25) is 4.98 Å². The third-order valence-electron chi connectivity index (χ3n) is 2.97. The van der Waals surface area contributed by atoms with E-state index in [1.807, 2.05) is 0 Å². The molecule has 0 atom stereocenters. The number of H-pyrrole nitrogens is 1. The molecular weight excluding hydrogens is 267 g/mol. The largest absolute Gasteiger partial charge is 0.416 e. The standard InChI is InChI=1S/C14H10F3N3/c15-14(16,17)9-1-2-11-12(7-9)19-8-13(11)20-10-3-5-18-6-4-10/h1-8,19H,(H,18,20). The van der Waals surface area contributed by atoms with Crippen molar-refractivity contribution in [3.8, 4) is 0 Å². The van der Waals surface area contributed by atoms with Crippen LogP contribution in [0, 0.1) is 0 Å². The summed E-state index contributed by atoms with van der Waals surface area (Å²) in [6, 6.07) is 7.20. The molecule has 0 bridgehead atoms. The lowest BCUT2D eigenvalue weighted by Crippen LogP contribution is -2.04. The topological polar surface area (TPSA) is 40.7 Å². The van der Waals surface area contributed by atoms with Gasteiger partial charge in [0.2, 0.25) is 0 Å². The van der Waals surface area contributed by atoms with Crippen LogP contribution in [0.5, 0.6) is 0 Å². The predicted octanol–water partition coefficient (Wildman–Crippen LogP) is 4.33. The van der Waals surface area contributed by atoms with Gasteiger partial charge in [-0.05, 0) is 24.3 Å². The van der Waals surface area contributed by atoms with Crippen LogP contribution in [-0.4, -0.2) is 9.97 Å². The van der Waals surface area contributed by atoms with Crippen LogP contribution < -0.4 is 5.32 Å². The lowest BCUT2D eigenvalue weighted by molar-refractivity contribution is -0.137. The average molecular weight is 277 g/mol. The van der Waals surface area contributed by atoms with E-state index in [0.29, 0.717) is 10.9 Å². The summed E-state index contributed by atoms with van der Waals surface area (Å²) in [5, 5.41) is 3.84. The Kier molecular flexibility index (Phi) is 2.85. The number of benzene rings is 1. The van der Waals surface area contributed by atoms with Gasteiger partial charge in [0.05, 0.1) is 11.3 Å². The molecule has 2 aromatic heterocycles. The monoisotopic (exact) mass is 277 g/mol. The summed E-state index contributed by atoms with van der Waals surface area (Å²) in [4.78, 5) is 6.75. The molecule has 0 aliphatic heterocycles. The summed E-state index contributed by atoms with van der Waals surface area (Å²) in [5.74, 6) is 0. The highest BCUT2D eigenvalue weighted by Crippen LogP contribution is 2.33. The SMILES string of the molecule is FC(F)(F)c1ccc2c(Nc3ccncc3)c[nH]c2c1. The van der Waals surface area contributed by atoms with E-state index in [2.05, 4.69) is 15.3 Å². The molecule has 3 aromatic rings. The fraction of sp³-hybridized carbons (Fsp3) is 0.0714. The first-order valence-electron chi connectivity index (χ1n) is 5.89. The number of hydrogen-bond acceptors (Lipinski definition) is 2. The van der Waals surface area contributed by atoms with Gasteiger partial charge in [-0.15, -0.1) is 0 Å². The van der Waals surface area contributed by atoms with E-state index in [0.717, 1.165) is 23.5 Å². The molecule has 1 aromatic carbocycles. The second kappa shape index (κ2) is 4.56. The molecule has 0 aliphatic rings. The molecule has 0 fully saturated rings. The Bertz CT molecular complexity index is 732. The van der Waals surface area contributed by atoms with Gasteiger partial charge in [-0.25, -0.2) is 0 Å². The molecule has 0 unspecified atom stereocenters. The first-order valence-corrected chi connectivity index (χ1v) is 5.89. The van der Waals surface area contributed by atoms with Gasteiger partial charge < -0.3 is 10.3 Å². The predicted molar refractivity (Wildman–Crippen MR) is 70.8 cm³/mol. The molecule has 0 amide bonds. The van der Waals surface area contributed by atoms with E-state index in [1.165, 1.54) is 6.07 Å². The lowest BCUT2D eigenvalue weighted by atomic mass is 10.1. The van der Waals surface area contributed by atoms with Crippen LogP contribution in [0.15, 0.2) is 48.9 Å². The molecule has 20 heavy (non-hydrogen) atoms. The number of halogens is 3. The second-order valence-electron chi connectivity index (χ2n) is 4.32. The Morgan fingerprint density at radius 1 is 1.05 bits per heavy atom. The Labute approximate surface area is 112 Å². The van der Waals surface area contributed by atoms with Gasteiger partial charge in [0, 0.05) is 35.2 Å². The highest BCUT2D eigenvalue weighted by molar-refractivity contribution is 5.94. The fourth-order valence-electron chi connectivity index (χ4n) is 2.00. The number of nitrogens with one attached hydrogen (secondary N) is 2. The van der Waals surface area contributed by atoms with Crippen LogP contribution >= 0.6 is 0 Å². The summed E-state index contributed by atoms with van der Waals surface area (Å²) in [6.45, 7) is 0. The maximum absolute atomic E-state index is 12.6. The first kappa shape index (κ1) is 12.5. The lowest BCUT2D eigenvalue weighted by Gasteiger charge is -2.07. The van der Waals surface area contributed by atoms with Crippen molar-refractivity contribution in [1.82, 2.24) is 9.97 Å². The molecular formula is C14H10F3N3. The molecule has 3 rings (SSSR count). The van der Waals surface area contributed by atoms with Crippen molar-refractivity contribution in [2.24, 2.45) is 0 Å². The number of fused-ring (bicyclic) bond motifs is 1. The Morgan fingerprint density at radius 2 is 1.80 bits per heavy atom. The van der Waals surface area contributed by atoms with Crippen molar-refractivity contribution < 1.29 is 13.2 Å². The van der Waals surface area contributed by atoms with Crippen molar-refractivity contribution in [3.05, 3.63) is 54.5 Å². The summed E-state index contributed by atoms with van der Waals surface area (Å²) < 4.78 is 37.9. The number of anilines is 2. The summed E-state index contributed by atoms with van der Waals surface area (Å²) in [6.07, 6.45) is 0.584. The fourth-order valence-corrected chi connectivity index (χ4v) is 2.00. The first-order chi connectivity index (χ1) is 9.54. The van der Waals surface area contributed by atoms with Crippen molar-refractivity contribution in [1.29, 1.82) is 0 Å². The van der Waals surface area contributed by atoms with E-state index in [-0.39, 0.29) is 0 Å². The van der Waals surface area contributed by atoms with E-state index >= 15 is 0 Å². The molecule has 0 saturated carbocycles. The van der Waals surface area contributed by atoms with Crippen molar-refractivity contribution in [3.63, 3.8) is 0 Å². The normalized spacial score (nSPS) is 11.8. The molecule has 0 aliphatic carbocycles. The minimum absolute atomic E-state index is 0.441. The van der Waals surface area contributed by atoms with Crippen molar-refractivity contribution in [2.75, 3.05) is 5.32 Å². The number of aromatic nitrogens is 2. The molecule has 2 N–H and O–H groups in total. The molecule has 6 heteroatoms. The third kappa shape index (κ3) is 2.32. The van der Waals surface area contributed by atoms with Gasteiger partial charge in [0.1, 0.15) is 0 Å². The van der Waals surface area contributed by atoms with Crippen LogP contribution in [0.25, 0.3) is 10.9 Å². The molecule has 0 saturated heterocycles. The third-order valence-corrected chi connectivity index (χ3v) is 2.97. The number of pyridine rings is 1. The van der Waals surface area contributed by atoms with Gasteiger partial charge in [-0.1, -0.05) is 6.07 Å². The number of hydrogen-bond donors (Lipinski definition) is 2. The zero-order valence-corrected chi connectivity index (χ0v) is 10.2. The van der Waals surface area contributed by atoms with Crippen LogP contribution in [-0.2, 0) is 6.18 Å². The zero-order valence-electron chi connectivity index (χ0n) is 10.2. The molecule has 0 radical (unpaired) electrons. The van der Waals surface area contributed by atoms with Crippen LogP contribution in [0.3, 0.4) is 0 Å². The van der Waals surface area contributed by atoms with Crippen molar-refractivity contribution >= 4 is 22.3 Å². The molecule has 0 spiro atoms. The van der Waals surface area contributed by atoms with E-state index < -0.39 is 11.7 Å². The summed E-state index contributed by atoms with van der Waals surface area (Å²) in [7, 11) is 0. The van der Waals surface area contributed by atoms with Gasteiger partial charge in [-0.2, -0.15) is 13.2 Å². The highest BCUT2D eigenvalue weighted by atomic mass is 19.4. The van der Waals surface area contributed by atoms with E-state index in [9.17, 15) is 13.2 Å². The second-order valence-corrected chi connectivity index (χ2v) is 4.32. The van der Waals surface area contributed by atoms with Gasteiger partial charge >= 0.3 is 6.18 Å². The maximum Gasteiger partial charge on any atom is 0.416 e. The number of aromatic amines is 1. The number of nitrogens with zero attached hydrogens (tertiary/aromatic N) is 1. The minimum atomic E-state index is -4.34. The van der Waals surface area contributed by atoms with E-state index in [4.69, 9.17) is 0 Å². The Balaban J connectivity index is 1.98. The minimum Gasteiger partial charge on any atom is -0.359 e. The van der Waals surface area contributed by atoms with Crippen LogP contribution in [0.2, 0.25) is 0 Å². The summed E-state index contributed by atoms with van der Waals surface area (Å²) in [5.41, 5.74) is 1.32. The van der Waals surface area contributed by atoms with Gasteiger partial charge in [0.15, 0.2) is 0 Å². The number of rotatable bonds is 2. The maximum atomic E-state index is 12.6. The zero-order chi connectivity index (χ0) is 14.2. The summed E-state index contributed by atoms with van der Waals surface area (Å²) >= 11 is 0. The smallest absolute Gasteiger partial charge is 0.359 e. The molecule has 102 valence electrons. The van der Waals surface area contributed by atoms with Crippen LogP contribution in [0.4, 0.5) is 24.5 Å². The number of alkyl halides is 3. The quantitative estimate of drug-likeness (QED) is 0.732. The van der Waals surface area contributed by atoms with Crippen molar-refractivity contribution in [2.45, 2.75) is 6.18 Å². The molecule has 2 heterocycles.